The smallest absolute Gasteiger partial charge is 0.196 e. The van der Waals surface area contributed by atoms with Crippen molar-refractivity contribution in [1.29, 1.82) is 0 Å². The van der Waals surface area contributed by atoms with Crippen molar-refractivity contribution in [3.05, 3.63) is 151 Å². The Morgan fingerprint density at radius 2 is 0.586 bits per heavy atom. The van der Waals surface area contributed by atoms with Gasteiger partial charge in [-0.3, -0.25) is 0 Å². The van der Waals surface area contributed by atoms with Crippen molar-refractivity contribution < 1.29 is 28.4 Å². The Labute approximate surface area is 344 Å². The zero-order chi connectivity index (χ0) is 40.9. The number of ether oxygens (including phenoxy) is 6. The molecule has 302 valence electrons. The minimum Gasteiger partial charge on any atom is -0.465 e. The van der Waals surface area contributed by atoms with Gasteiger partial charge in [-0.15, -0.1) is 0 Å². The van der Waals surface area contributed by atoms with Crippen LogP contribution in [0.3, 0.4) is 0 Å². The average molecular weight is 781 g/mol. The van der Waals surface area contributed by atoms with Crippen LogP contribution in [0.2, 0.25) is 0 Å². The van der Waals surface area contributed by atoms with E-state index in [2.05, 4.69) is 126 Å². The largest absolute Gasteiger partial charge is 0.465 e. The Morgan fingerprint density at radius 1 is 0.345 bits per heavy atom. The van der Waals surface area contributed by atoms with E-state index < -0.39 is 0 Å². The van der Waals surface area contributed by atoms with Crippen LogP contribution in [0.25, 0.3) is 11.1 Å². The third-order valence-electron chi connectivity index (χ3n) is 9.58. The molecular formula is C50H56N2O6. The number of anilines is 6. The number of hydrogen-bond acceptors (Lipinski definition) is 8. The van der Waals surface area contributed by atoms with Gasteiger partial charge in [0.1, 0.15) is 17.2 Å². The van der Waals surface area contributed by atoms with E-state index in [1.807, 2.05) is 77.9 Å². The summed E-state index contributed by atoms with van der Waals surface area (Å²) in [6.07, 6.45) is -0.00290. The number of nitrogens with zero attached hydrogens (tertiary/aromatic N) is 2. The van der Waals surface area contributed by atoms with Gasteiger partial charge in [0.2, 0.25) is 0 Å². The third-order valence-corrected chi connectivity index (χ3v) is 9.58. The third kappa shape index (κ3) is 11.0. The van der Waals surface area contributed by atoms with Crippen LogP contribution in [0, 0.1) is 0 Å². The fraction of sp³-hybridized carbons (Fsp3) is 0.280. The number of benzene rings is 6. The van der Waals surface area contributed by atoms with Crippen molar-refractivity contribution in [2.24, 2.45) is 0 Å². The zero-order valence-electron chi connectivity index (χ0n) is 34.8. The van der Waals surface area contributed by atoms with Gasteiger partial charge in [0.05, 0.1) is 0 Å². The van der Waals surface area contributed by atoms with E-state index in [9.17, 15) is 0 Å². The SMILES string of the molecule is CCOC(C)Oc1ccc(N(c2ccc(CC)cc2)c2ccc(-c3ccc(N(c4ccc(OC(C)OCC)cc4)c4ccc(OC(C)OCC)cc4)cc3)cc2)cc1. The molecule has 0 saturated carbocycles. The number of aryl methyl sites for hydroxylation is 1. The summed E-state index contributed by atoms with van der Waals surface area (Å²) in [4.78, 5) is 4.48. The molecule has 0 bridgehead atoms. The summed E-state index contributed by atoms with van der Waals surface area (Å²) in [5, 5.41) is 0. The highest BCUT2D eigenvalue weighted by Crippen LogP contribution is 2.39. The van der Waals surface area contributed by atoms with Crippen LogP contribution in [-0.4, -0.2) is 38.7 Å². The van der Waals surface area contributed by atoms with E-state index in [4.69, 9.17) is 28.4 Å². The van der Waals surface area contributed by atoms with E-state index >= 15 is 0 Å². The maximum Gasteiger partial charge on any atom is 0.196 e. The first-order chi connectivity index (χ1) is 28.3. The van der Waals surface area contributed by atoms with Gasteiger partial charge >= 0.3 is 0 Å². The first-order valence-corrected chi connectivity index (χ1v) is 20.3. The molecule has 6 aromatic rings. The average Bonchev–Trinajstić information content (AvgIpc) is 3.24. The molecule has 0 fully saturated rings. The van der Waals surface area contributed by atoms with Crippen LogP contribution < -0.4 is 24.0 Å². The Hall–Kier alpha value is -5.80. The Bertz CT molecular complexity index is 2050. The molecule has 0 aromatic heterocycles. The fourth-order valence-corrected chi connectivity index (χ4v) is 6.78. The number of hydrogen-bond donors (Lipinski definition) is 0. The van der Waals surface area contributed by atoms with Gasteiger partial charge < -0.3 is 38.2 Å². The van der Waals surface area contributed by atoms with E-state index in [-0.39, 0.29) is 18.9 Å². The van der Waals surface area contributed by atoms with Gasteiger partial charge in [-0.1, -0.05) is 43.3 Å². The van der Waals surface area contributed by atoms with Gasteiger partial charge in [-0.05, 0) is 174 Å². The first kappa shape index (κ1) is 41.8. The van der Waals surface area contributed by atoms with Crippen molar-refractivity contribution in [3.63, 3.8) is 0 Å². The minimum atomic E-state index is -0.336. The maximum atomic E-state index is 5.96. The Kier molecular flexibility index (Phi) is 14.8. The summed E-state index contributed by atoms with van der Waals surface area (Å²) < 4.78 is 34.6. The lowest BCUT2D eigenvalue weighted by Gasteiger charge is -2.27. The van der Waals surface area contributed by atoms with Crippen LogP contribution in [0.4, 0.5) is 34.1 Å². The molecule has 0 N–H and O–H groups in total. The van der Waals surface area contributed by atoms with E-state index in [0.717, 1.165) is 68.9 Å². The Morgan fingerprint density at radius 3 is 0.828 bits per heavy atom. The molecule has 58 heavy (non-hydrogen) atoms. The molecule has 8 nitrogen and oxygen atoms in total. The van der Waals surface area contributed by atoms with Crippen LogP contribution in [0.5, 0.6) is 17.2 Å². The molecule has 8 heteroatoms. The van der Waals surface area contributed by atoms with Crippen molar-refractivity contribution in [1.82, 2.24) is 0 Å². The number of rotatable bonds is 20. The summed E-state index contributed by atoms with van der Waals surface area (Å²) in [7, 11) is 0. The summed E-state index contributed by atoms with van der Waals surface area (Å²) in [6, 6.07) is 50.4. The second kappa shape index (κ2) is 20.6. The Balaban J connectivity index is 1.27. The van der Waals surface area contributed by atoms with Crippen LogP contribution in [0.15, 0.2) is 146 Å². The first-order valence-electron chi connectivity index (χ1n) is 20.3. The molecular weight excluding hydrogens is 725 g/mol. The lowest BCUT2D eigenvalue weighted by molar-refractivity contribution is -0.0616. The molecule has 0 aliphatic heterocycles. The molecule has 0 aliphatic carbocycles. The summed E-state index contributed by atoms with van der Waals surface area (Å²) in [5.41, 5.74) is 9.68. The second-order valence-corrected chi connectivity index (χ2v) is 13.7. The van der Waals surface area contributed by atoms with E-state index in [1.54, 1.807) is 0 Å². The van der Waals surface area contributed by atoms with Gasteiger partial charge in [0.25, 0.3) is 0 Å². The highest BCUT2D eigenvalue weighted by molar-refractivity contribution is 5.81. The predicted octanol–water partition coefficient (Wildman–Crippen LogP) is 13.1. The normalized spacial score (nSPS) is 12.7. The van der Waals surface area contributed by atoms with Crippen molar-refractivity contribution in [3.8, 4) is 28.4 Å². The van der Waals surface area contributed by atoms with Crippen molar-refractivity contribution >= 4 is 34.1 Å². The van der Waals surface area contributed by atoms with Crippen LogP contribution in [0.1, 0.15) is 54.0 Å². The molecule has 0 aliphatic rings. The van der Waals surface area contributed by atoms with Crippen LogP contribution >= 0.6 is 0 Å². The summed E-state index contributed by atoms with van der Waals surface area (Å²) >= 11 is 0. The maximum absolute atomic E-state index is 5.96. The highest BCUT2D eigenvalue weighted by Gasteiger charge is 2.17. The lowest BCUT2D eigenvalue weighted by Crippen LogP contribution is -2.16. The molecule has 0 heterocycles. The van der Waals surface area contributed by atoms with Gasteiger partial charge in [-0.25, -0.2) is 0 Å². The van der Waals surface area contributed by atoms with Crippen LogP contribution in [-0.2, 0) is 20.6 Å². The van der Waals surface area contributed by atoms with Gasteiger partial charge in [-0.2, -0.15) is 0 Å². The minimum absolute atomic E-state index is 0.318. The zero-order valence-corrected chi connectivity index (χ0v) is 34.8. The fourth-order valence-electron chi connectivity index (χ4n) is 6.78. The highest BCUT2D eigenvalue weighted by atomic mass is 16.7. The summed E-state index contributed by atoms with van der Waals surface area (Å²) in [6.45, 7) is 15.5. The van der Waals surface area contributed by atoms with Crippen molar-refractivity contribution in [2.45, 2.75) is 73.8 Å². The molecule has 0 amide bonds. The monoisotopic (exact) mass is 780 g/mol. The van der Waals surface area contributed by atoms with Crippen molar-refractivity contribution in [2.75, 3.05) is 29.6 Å². The summed E-state index contributed by atoms with van der Waals surface area (Å²) in [5.74, 6) is 2.25. The molecule has 3 atom stereocenters. The topological polar surface area (TPSA) is 61.9 Å². The molecule has 3 unspecified atom stereocenters. The second-order valence-electron chi connectivity index (χ2n) is 13.7. The lowest BCUT2D eigenvalue weighted by atomic mass is 10.0. The van der Waals surface area contributed by atoms with Gasteiger partial charge in [0, 0.05) is 53.9 Å². The molecule has 0 saturated heterocycles. The van der Waals surface area contributed by atoms with E-state index in [1.165, 1.54) is 5.56 Å². The van der Waals surface area contributed by atoms with E-state index in [0.29, 0.717) is 19.8 Å². The molecule has 0 spiro atoms. The molecule has 6 aromatic carbocycles. The van der Waals surface area contributed by atoms with Gasteiger partial charge in [0.15, 0.2) is 18.9 Å². The molecule has 0 radical (unpaired) electrons. The standard InChI is InChI=1S/C50H56N2O6/c1-8-39-12-18-42(19-13-39)51(45-24-30-48(31-25-45)56-36(5)53-9-2)43-20-14-40(15-21-43)41-16-22-44(23-17-41)52(46-26-32-49(33-27-46)57-37(6)54-10-3)47-28-34-50(35-29-47)58-38(7)55-11-4/h12-38H,8-11H2,1-7H3. The predicted molar refractivity (Wildman–Crippen MR) is 236 cm³/mol. The quantitative estimate of drug-likeness (QED) is 0.0710. The molecule has 6 rings (SSSR count).